The van der Waals surface area contributed by atoms with Crippen molar-refractivity contribution in [2.45, 2.75) is 12.8 Å². The van der Waals surface area contributed by atoms with Crippen molar-refractivity contribution < 1.29 is 23.5 Å². The Morgan fingerprint density at radius 3 is 2.55 bits per heavy atom. The second-order valence-corrected chi connectivity index (χ2v) is 7.32. The highest BCUT2D eigenvalue weighted by Gasteiger charge is 2.26. The Morgan fingerprint density at radius 2 is 1.87 bits per heavy atom. The van der Waals surface area contributed by atoms with Gasteiger partial charge in [0.2, 0.25) is 11.8 Å². The van der Waals surface area contributed by atoms with Gasteiger partial charge in [-0.1, -0.05) is 30.3 Å². The maximum atomic E-state index is 14.1. The van der Waals surface area contributed by atoms with Crippen molar-refractivity contribution in [3.8, 4) is 5.75 Å². The van der Waals surface area contributed by atoms with Gasteiger partial charge in [-0.2, -0.15) is 0 Å². The van der Waals surface area contributed by atoms with Gasteiger partial charge in [0, 0.05) is 43.9 Å². The van der Waals surface area contributed by atoms with E-state index in [4.69, 9.17) is 9.47 Å². The number of carbonyl (C=O) groups excluding carboxylic acids is 2. The van der Waals surface area contributed by atoms with Gasteiger partial charge in [-0.25, -0.2) is 4.39 Å². The van der Waals surface area contributed by atoms with Crippen molar-refractivity contribution in [1.29, 1.82) is 0 Å². The van der Waals surface area contributed by atoms with Crippen LogP contribution in [0.3, 0.4) is 0 Å². The number of hydrogen-bond donors (Lipinski definition) is 1. The second-order valence-electron chi connectivity index (χ2n) is 7.32. The maximum Gasteiger partial charge on any atom is 0.246 e. The molecular weight excluding hydrogens is 399 g/mol. The standard InChI is InChI=1S/C24H27FN2O4/c1-30-15-16-31-22-9-8-20(17-21(22)25)26-24(29)19-11-13-27(14-12-19)23(28)10-7-18-5-3-2-4-6-18/h2-10,17,19H,11-16H2,1H3,(H,26,29)/b10-7+. The van der Waals surface area contributed by atoms with E-state index < -0.39 is 5.82 Å². The summed E-state index contributed by atoms with van der Waals surface area (Å²) in [5.41, 5.74) is 1.35. The smallest absolute Gasteiger partial charge is 0.246 e. The van der Waals surface area contributed by atoms with Gasteiger partial charge in [-0.3, -0.25) is 9.59 Å². The summed E-state index contributed by atoms with van der Waals surface area (Å²) in [6.07, 6.45) is 4.49. The molecule has 1 fully saturated rings. The minimum atomic E-state index is -0.542. The van der Waals surface area contributed by atoms with Crippen molar-refractivity contribution in [3.63, 3.8) is 0 Å². The largest absolute Gasteiger partial charge is 0.488 e. The van der Waals surface area contributed by atoms with Gasteiger partial charge in [-0.15, -0.1) is 0 Å². The van der Waals surface area contributed by atoms with Crippen LogP contribution in [0.2, 0.25) is 0 Å². The van der Waals surface area contributed by atoms with Gasteiger partial charge in [0.1, 0.15) is 6.61 Å². The van der Waals surface area contributed by atoms with E-state index >= 15 is 0 Å². The summed E-state index contributed by atoms with van der Waals surface area (Å²) in [5.74, 6) is -0.874. The van der Waals surface area contributed by atoms with Crippen LogP contribution in [0, 0.1) is 11.7 Å². The van der Waals surface area contributed by atoms with Gasteiger partial charge in [0.25, 0.3) is 0 Å². The number of halogens is 1. The fourth-order valence-electron chi connectivity index (χ4n) is 3.37. The minimum Gasteiger partial charge on any atom is -0.488 e. The Hall–Kier alpha value is -3.19. The predicted molar refractivity (Wildman–Crippen MR) is 117 cm³/mol. The van der Waals surface area contributed by atoms with Crippen LogP contribution >= 0.6 is 0 Å². The van der Waals surface area contributed by atoms with E-state index in [9.17, 15) is 14.0 Å². The Kier molecular flexibility index (Phi) is 8.18. The molecule has 31 heavy (non-hydrogen) atoms. The molecule has 2 aromatic carbocycles. The van der Waals surface area contributed by atoms with Crippen LogP contribution in [0.25, 0.3) is 6.08 Å². The molecular formula is C24H27FN2O4. The van der Waals surface area contributed by atoms with Gasteiger partial charge >= 0.3 is 0 Å². The first-order valence-corrected chi connectivity index (χ1v) is 10.3. The van der Waals surface area contributed by atoms with E-state index in [2.05, 4.69) is 5.32 Å². The number of rotatable bonds is 8. The van der Waals surface area contributed by atoms with Crippen molar-refractivity contribution in [1.82, 2.24) is 4.90 Å². The van der Waals surface area contributed by atoms with Crippen molar-refractivity contribution in [2.75, 3.05) is 38.7 Å². The zero-order valence-electron chi connectivity index (χ0n) is 17.6. The number of piperidine rings is 1. The molecule has 7 heteroatoms. The normalized spacial score (nSPS) is 14.6. The quantitative estimate of drug-likeness (QED) is 0.516. The molecule has 0 spiro atoms. The van der Waals surface area contributed by atoms with E-state index in [1.165, 1.54) is 12.1 Å². The average molecular weight is 426 g/mol. The molecule has 0 aliphatic carbocycles. The zero-order chi connectivity index (χ0) is 22.1. The van der Waals surface area contributed by atoms with Crippen molar-refractivity contribution in [2.24, 2.45) is 5.92 Å². The van der Waals surface area contributed by atoms with Gasteiger partial charge in [0.15, 0.2) is 11.6 Å². The molecule has 1 N–H and O–H groups in total. The number of likely N-dealkylation sites (tertiary alicyclic amines) is 1. The summed E-state index contributed by atoms with van der Waals surface area (Å²) >= 11 is 0. The lowest BCUT2D eigenvalue weighted by Crippen LogP contribution is -2.40. The first kappa shape index (κ1) is 22.5. The fourth-order valence-corrected chi connectivity index (χ4v) is 3.37. The molecule has 0 atom stereocenters. The van der Waals surface area contributed by atoms with Crippen LogP contribution in [0.15, 0.2) is 54.6 Å². The van der Waals surface area contributed by atoms with Gasteiger partial charge in [-0.05, 0) is 36.6 Å². The van der Waals surface area contributed by atoms with Crippen LogP contribution in [0.5, 0.6) is 5.75 Å². The topological polar surface area (TPSA) is 67.9 Å². The molecule has 2 aromatic rings. The molecule has 1 saturated heterocycles. The Bertz CT molecular complexity index is 909. The number of anilines is 1. The van der Waals surface area contributed by atoms with Gasteiger partial charge in [0.05, 0.1) is 6.61 Å². The third-order valence-electron chi connectivity index (χ3n) is 5.14. The highest BCUT2D eigenvalue weighted by molar-refractivity contribution is 5.94. The van der Waals surface area contributed by atoms with E-state index in [1.807, 2.05) is 30.3 Å². The Balaban J connectivity index is 1.47. The number of hydrogen-bond acceptors (Lipinski definition) is 4. The molecule has 1 aliphatic heterocycles. The minimum absolute atomic E-state index is 0.0613. The Morgan fingerprint density at radius 1 is 1.13 bits per heavy atom. The molecule has 0 unspecified atom stereocenters. The SMILES string of the molecule is COCCOc1ccc(NC(=O)C2CCN(C(=O)/C=C/c3ccccc3)CC2)cc1F. The highest BCUT2D eigenvalue weighted by atomic mass is 19.1. The first-order chi connectivity index (χ1) is 15.1. The molecule has 2 amide bonds. The van der Waals surface area contributed by atoms with E-state index in [0.717, 1.165) is 5.56 Å². The summed E-state index contributed by atoms with van der Waals surface area (Å²) in [6, 6.07) is 14.0. The number of benzene rings is 2. The second kappa shape index (κ2) is 11.3. The third kappa shape index (κ3) is 6.65. The zero-order valence-corrected chi connectivity index (χ0v) is 17.6. The number of ether oxygens (including phenoxy) is 2. The van der Waals surface area contributed by atoms with Crippen LogP contribution in [-0.2, 0) is 14.3 Å². The summed E-state index contributed by atoms with van der Waals surface area (Å²) < 4.78 is 24.3. The Labute approximate surface area is 181 Å². The molecule has 3 rings (SSSR count). The van der Waals surface area contributed by atoms with Crippen LogP contribution in [0.1, 0.15) is 18.4 Å². The molecule has 1 aliphatic rings. The van der Waals surface area contributed by atoms with Crippen LogP contribution < -0.4 is 10.1 Å². The lowest BCUT2D eigenvalue weighted by atomic mass is 9.95. The average Bonchev–Trinajstić information content (AvgIpc) is 2.80. The number of nitrogens with one attached hydrogen (secondary N) is 1. The van der Waals surface area contributed by atoms with Crippen molar-refractivity contribution >= 4 is 23.6 Å². The molecule has 164 valence electrons. The summed E-state index contributed by atoms with van der Waals surface area (Å²) in [4.78, 5) is 26.7. The third-order valence-corrected chi connectivity index (χ3v) is 5.14. The monoisotopic (exact) mass is 426 g/mol. The fraction of sp³-hybridized carbons (Fsp3) is 0.333. The molecule has 0 saturated carbocycles. The predicted octanol–water partition coefficient (Wildman–Crippen LogP) is 3.74. The lowest BCUT2D eigenvalue weighted by molar-refractivity contribution is -0.130. The lowest BCUT2D eigenvalue weighted by Gasteiger charge is -2.30. The van der Waals surface area contributed by atoms with E-state index in [0.29, 0.717) is 38.2 Å². The van der Waals surface area contributed by atoms with Crippen LogP contribution in [-0.4, -0.2) is 50.1 Å². The van der Waals surface area contributed by atoms with E-state index in [-0.39, 0.29) is 30.1 Å². The maximum absolute atomic E-state index is 14.1. The first-order valence-electron chi connectivity index (χ1n) is 10.3. The molecule has 0 aromatic heterocycles. The molecule has 6 nitrogen and oxygen atoms in total. The van der Waals surface area contributed by atoms with Crippen LogP contribution in [0.4, 0.5) is 10.1 Å². The molecule has 0 bridgehead atoms. The number of methoxy groups -OCH3 is 1. The summed E-state index contributed by atoms with van der Waals surface area (Å²) in [7, 11) is 1.54. The highest BCUT2D eigenvalue weighted by Crippen LogP contribution is 2.24. The summed E-state index contributed by atoms with van der Waals surface area (Å²) in [5, 5.41) is 2.76. The van der Waals surface area contributed by atoms with Gasteiger partial charge < -0.3 is 19.7 Å². The number of nitrogens with zero attached hydrogens (tertiary/aromatic N) is 1. The number of carbonyl (C=O) groups is 2. The summed E-state index contributed by atoms with van der Waals surface area (Å²) in [6.45, 7) is 1.63. The molecule has 1 heterocycles. The number of amides is 2. The van der Waals surface area contributed by atoms with Crippen molar-refractivity contribution in [3.05, 3.63) is 66.0 Å². The van der Waals surface area contributed by atoms with E-state index in [1.54, 1.807) is 30.2 Å². The molecule has 0 radical (unpaired) electrons.